The molecular weight excluding hydrogens is 446 g/mol. The molecule has 1 N–H and O–H groups in total. The van der Waals surface area contributed by atoms with E-state index in [1.54, 1.807) is 30.1 Å². The Morgan fingerprint density at radius 1 is 1.06 bits per heavy atom. The van der Waals surface area contributed by atoms with Gasteiger partial charge in [-0.05, 0) is 48.9 Å². The van der Waals surface area contributed by atoms with Crippen LogP contribution in [0.25, 0.3) is 16.9 Å². The highest BCUT2D eigenvalue weighted by Gasteiger charge is 2.46. The third kappa shape index (κ3) is 3.75. The van der Waals surface area contributed by atoms with E-state index in [1.807, 2.05) is 30.3 Å². The summed E-state index contributed by atoms with van der Waals surface area (Å²) in [5.74, 6) is -1.84. The number of nitrogens with one attached hydrogen (secondary N) is 1. The minimum atomic E-state index is -1.56. The largest absolute Gasteiger partial charge is 0.496 e. The van der Waals surface area contributed by atoms with Gasteiger partial charge in [-0.3, -0.25) is 9.59 Å². The molecule has 0 unspecified atom stereocenters. The lowest BCUT2D eigenvalue weighted by atomic mass is 9.96. The number of esters is 2. The van der Waals surface area contributed by atoms with Crippen LogP contribution in [-0.4, -0.2) is 41.9 Å². The van der Waals surface area contributed by atoms with Crippen LogP contribution in [0.15, 0.2) is 48.7 Å². The van der Waals surface area contributed by atoms with Crippen LogP contribution in [0.2, 0.25) is 5.02 Å². The van der Waals surface area contributed by atoms with Crippen molar-refractivity contribution < 1.29 is 23.8 Å². The van der Waals surface area contributed by atoms with Crippen molar-refractivity contribution in [1.82, 2.24) is 15.1 Å². The molecule has 3 heterocycles. The molecule has 0 aliphatic carbocycles. The van der Waals surface area contributed by atoms with Gasteiger partial charge in [-0.2, -0.15) is 5.10 Å². The number of hydrogen-bond acceptors (Lipinski definition) is 7. The lowest BCUT2D eigenvalue weighted by Gasteiger charge is -2.32. The quantitative estimate of drug-likeness (QED) is 0.590. The number of carbonyl (C=O) groups is 2. The maximum Gasteiger partial charge on any atom is 0.309 e. The Bertz CT molecular complexity index is 1220. The lowest BCUT2D eigenvalue weighted by Crippen LogP contribution is -2.43. The van der Waals surface area contributed by atoms with E-state index in [1.165, 1.54) is 0 Å². The van der Waals surface area contributed by atoms with E-state index in [9.17, 15) is 9.59 Å². The molecule has 2 aliphatic heterocycles. The minimum absolute atomic E-state index is 0.0204. The Balaban J connectivity index is 1.72. The number of methoxy groups -OCH3 is 1. The monoisotopic (exact) mass is 467 g/mol. The zero-order valence-corrected chi connectivity index (χ0v) is 18.7. The highest BCUT2D eigenvalue weighted by molar-refractivity contribution is 6.32. The van der Waals surface area contributed by atoms with Crippen molar-refractivity contribution in [3.63, 3.8) is 0 Å². The number of halogens is 1. The molecular formula is C24H22ClN3O5. The number of ether oxygens (including phenoxy) is 3. The Morgan fingerprint density at radius 2 is 1.82 bits per heavy atom. The minimum Gasteiger partial charge on any atom is -0.496 e. The van der Waals surface area contributed by atoms with Crippen LogP contribution in [0.3, 0.4) is 0 Å². The predicted molar refractivity (Wildman–Crippen MR) is 120 cm³/mol. The first kappa shape index (κ1) is 21.5. The van der Waals surface area contributed by atoms with Crippen molar-refractivity contribution in [3.8, 4) is 22.7 Å². The van der Waals surface area contributed by atoms with Gasteiger partial charge in [-0.1, -0.05) is 23.7 Å². The summed E-state index contributed by atoms with van der Waals surface area (Å²) < 4.78 is 18.8. The van der Waals surface area contributed by atoms with Crippen LogP contribution in [0.5, 0.6) is 5.75 Å². The Labute approximate surface area is 195 Å². The van der Waals surface area contributed by atoms with Crippen molar-refractivity contribution >= 4 is 23.5 Å². The van der Waals surface area contributed by atoms with Crippen LogP contribution in [0, 0.1) is 0 Å². The van der Waals surface area contributed by atoms with E-state index >= 15 is 0 Å². The van der Waals surface area contributed by atoms with Crippen LogP contribution in [0.4, 0.5) is 0 Å². The number of benzene rings is 2. The summed E-state index contributed by atoms with van der Waals surface area (Å²) in [4.78, 5) is 24.7. The van der Waals surface area contributed by atoms with Crippen LogP contribution in [0.1, 0.15) is 24.0 Å². The number of nitrogens with zero attached hydrogens (tertiary/aromatic N) is 2. The topological polar surface area (TPSA) is 91.7 Å². The van der Waals surface area contributed by atoms with E-state index in [-0.39, 0.29) is 19.4 Å². The van der Waals surface area contributed by atoms with E-state index in [4.69, 9.17) is 25.8 Å². The number of hydrogen-bond donors (Lipinski definition) is 1. The molecule has 9 heteroatoms. The highest BCUT2D eigenvalue weighted by Crippen LogP contribution is 2.41. The molecule has 0 amide bonds. The molecule has 33 heavy (non-hydrogen) atoms. The van der Waals surface area contributed by atoms with Crippen LogP contribution >= 0.6 is 11.6 Å². The first-order valence-corrected chi connectivity index (χ1v) is 11.0. The molecule has 2 aliphatic rings. The molecule has 1 saturated heterocycles. The van der Waals surface area contributed by atoms with E-state index in [2.05, 4.69) is 10.4 Å². The summed E-state index contributed by atoms with van der Waals surface area (Å²) in [5.41, 5.74) is 3.63. The van der Waals surface area contributed by atoms with Gasteiger partial charge in [0.05, 0.1) is 49.1 Å². The molecule has 5 rings (SSSR count). The molecule has 2 aromatic carbocycles. The fraction of sp³-hybridized carbons (Fsp3) is 0.292. The van der Waals surface area contributed by atoms with Gasteiger partial charge in [0.15, 0.2) is 0 Å². The third-order valence-corrected chi connectivity index (χ3v) is 6.19. The standard InChI is InChI=1S/C24H22ClN3O5/c1-31-20-5-3-2-4-16(20)19-11-13-27-28(19)23-15-10-12-26-14-24(17(15)6-7-18(23)25)32-21(29)8-9-22(30)33-24/h2-7,11,13,26H,8-10,12,14H2,1H3. The number of fused-ring (bicyclic) bond motifs is 2. The fourth-order valence-electron chi connectivity index (χ4n) is 4.43. The Kier molecular flexibility index (Phi) is 5.55. The second-order valence-electron chi connectivity index (χ2n) is 7.88. The first-order chi connectivity index (χ1) is 16.0. The SMILES string of the molecule is COc1ccccc1-c1ccnn1-c1c(Cl)ccc2c1CCNCC21OC(=O)CCC(=O)O1. The van der Waals surface area contributed by atoms with Crippen molar-refractivity contribution in [2.45, 2.75) is 25.0 Å². The Hall–Kier alpha value is -3.36. The number of para-hydroxylation sites is 1. The number of carbonyl (C=O) groups excluding carboxylic acids is 2. The summed E-state index contributed by atoms with van der Waals surface area (Å²) in [6, 6.07) is 13.0. The maximum absolute atomic E-state index is 12.4. The molecule has 1 fully saturated rings. The smallest absolute Gasteiger partial charge is 0.309 e. The molecule has 170 valence electrons. The summed E-state index contributed by atoms with van der Waals surface area (Å²) in [5, 5.41) is 8.26. The van der Waals surface area contributed by atoms with Gasteiger partial charge in [-0.15, -0.1) is 0 Å². The van der Waals surface area contributed by atoms with Gasteiger partial charge in [0, 0.05) is 11.1 Å². The van der Waals surface area contributed by atoms with Crippen LogP contribution in [-0.2, 0) is 31.3 Å². The normalized spacial score (nSPS) is 17.5. The molecule has 0 atom stereocenters. The van der Waals surface area contributed by atoms with E-state index in [0.717, 1.165) is 16.8 Å². The fourth-order valence-corrected chi connectivity index (χ4v) is 4.68. The number of aromatic nitrogens is 2. The molecule has 1 aromatic heterocycles. The average molecular weight is 468 g/mol. The Morgan fingerprint density at radius 3 is 2.58 bits per heavy atom. The zero-order chi connectivity index (χ0) is 23.0. The molecule has 3 aromatic rings. The van der Waals surface area contributed by atoms with Crippen molar-refractivity contribution in [1.29, 1.82) is 0 Å². The van der Waals surface area contributed by atoms with Crippen molar-refractivity contribution in [2.75, 3.05) is 20.2 Å². The van der Waals surface area contributed by atoms with E-state index in [0.29, 0.717) is 35.0 Å². The summed E-state index contributed by atoms with van der Waals surface area (Å²) in [6.45, 7) is 0.722. The molecule has 0 radical (unpaired) electrons. The predicted octanol–water partition coefficient (Wildman–Crippen LogP) is 3.38. The number of rotatable bonds is 3. The summed E-state index contributed by atoms with van der Waals surface area (Å²) in [6.07, 6.45) is 2.21. The highest BCUT2D eigenvalue weighted by atomic mass is 35.5. The molecule has 0 bridgehead atoms. The van der Waals surface area contributed by atoms with E-state index < -0.39 is 17.7 Å². The van der Waals surface area contributed by atoms with Gasteiger partial charge in [-0.25, -0.2) is 4.68 Å². The van der Waals surface area contributed by atoms with Gasteiger partial charge in [0.1, 0.15) is 5.75 Å². The first-order valence-electron chi connectivity index (χ1n) is 10.7. The molecule has 0 saturated carbocycles. The second kappa shape index (κ2) is 8.53. The van der Waals surface area contributed by atoms with Crippen molar-refractivity contribution in [2.24, 2.45) is 0 Å². The van der Waals surface area contributed by atoms with Gasteiger partial charge >= 0.3 is 11.9 Å². The average Bonchev–Trinajstić information content (AvgIpc) is 3.15. The van der Waals surface area contributed by atoms with Gasteiger partial charge in [0.2, 0.25) is 0 Å². The summed E-state index contributed by atoms with van der Waals surface area (Å²) >= 11 is 6.73. The maximum atomic E-state index is 12.4. The third-order valence-electron chi connectivity index (χ3n) is 5.88. The zero-order valence-electron chi connectivity index (χ0n) is 18.0. The molecule has 1 spiro atoms. The van der Waals surface area contributed by atoms with Gasteiger partial charge in [0.25, 0.3) is 5.79 Å². The van der Waals surface area contributed by atoms with Crippen LogP contribution < -0.4 is 10.1 Å². The van der Waals surface area contributed by atoms with Crippen molar-refractivity contribution in [3.05, 3.63) is 64.8 Å². The van der Waals surface area contributed by atoms with Gasteiger partial charge < -0.3 is 19.5 Å². The molecule has 8 nitrogen and oxygen atoms in total. The summed E-state index contributed by atoms with van der Waals surface area (Å²) in [7, 11) is 1.62. The second-order valence-corrected chi connectivity index (χ2v) is 8.29. The lowest BCUT2D eigenvalue weighted by molar-refractivity contribution is -0.225.